The van der Waals surface area contributed by atoms with Gasteiger partial charge in [0.05, 0.1) is 17.6 Å². The van der Waals surface area contributed by atoms with Crippen molar-refractivity contribution in [2.75, 3.05) is 46.5 Å². The standard InChI is InChI=1S/C18H23FN4O2S/c1-2-13-26(24,25)21-16-5-8-18(20-14-16)23-11-9-22(10-12-23)17-6-3-15(19)4-7-17/h3-8,14,21H,2,9-13H2,1H3. The molecule has 0 amide bonds. The summed E-state index contributed by atoms with van der Waals surface area (Å²) in [5.41, 5.74) is 1.49. The van der Waals surface area contributed by atoms with Gasteiger partial charge in [-0.15, -0.1) is 0 Å². The molecule has 1 aromatic heterocycles. The summed E-state index contributed by atoms with van der Waals surface area (Å²) in [7, 11) is -3.30. The lowest BCUT2D eigenvalue weighted by atomic mass is 10.2. The summed E-state index contributed by atoms with van der Waals surface area (Å²) in [6, 6.07) is 10.1. The van der Waals surface area contributed by atoms with Gasteiger partial charge in [0.15, 0.2) is 0 Å². The molecule has 26 heavy (non-hydrogen) atoms. The van der Waals surface area contributed by atoms with Crippen molar-refractivity contribution in [1.82, 2.24) is 4.98 Å². The molecule has 140 valence electrons. The minimum atomic E-state index is -3.30. The average Bonchev–Trinajstić information content (AvgIpc) is 2.63. The van der Waals surface area contributed by atoms with Gasteiger partial charge in [0.2, 0.25) is 10.0 Å². The quantitative estimate of drug-likeness (QED) is 0.837. The van der Waals surface area contributed by atoms with Crippen LogP contribution in [0, 0.1) is 5.82 Å². The largest absolute Gasteiger partial charge is 0.368 e. The van der Waals surface area contributed by atoms with E-state index in [1.54, 1.807) is 24.4 Å². The van der Waals surface area contributed by atoms with Crippen LogP contribution in [0.1, 0.15) is 13.3 Å². The monoisotopic (exact) mass is 378 g/mol. The van der Waals surface area contributed by atoms with Gasteiger partial charge in [-0.2, -0.15) is 0 Å². The number of hydrogen-bond acceptors (Lipinski definition) is 5. The molecule has 0 unspecified atom stereocenters. The van der Waals surface area contributed by atoms with E-state index in [9.17, 15) is 12.8 Å². The third kappa shape index (κ3) is 4.63. The van der Waals surface area contributed by atoms with Gasteiger partial charge in [-0.25, -0.2) is 17.8 Å². The van der Waals surface area contributed by atoms with Crippen LogP contribution in [-0.2, 0) is 10.0 Å². The summed E-state index contributed by atoms with van der Waals surface area (Å²) in [4.78, 5) is 8.76. The molecule has 3 rings (SSSR count). The Morgan fingerprint density at radius 2 is 1.69 bits per heavy atom. The maximum atomic E-state index is 13.0. The minimum Gasteiger partial charge on any atom is -0.368 e. The average molecular weight is 378 g/mol. The number of sulfonamides is 1. The zero-order chi connectivity index (χ0) is 18.6. The van der Waals surface area contributed by atoms with Crippen molar-refractivity contribution in [2.24, 2.45) is 0 Å². The Morgan fingerprint density at radius 3 is 2.27 bits per heavy atom. The minimum absolute atomic E-state index is 0.0973. The van der Waals surface area contributed by atoms with Crippen LogP contribution in [0.5, 0.6) is 0 Å². The number of nitrogens with one attached hydrogen (secondary N) is 1. The molecular weight excluding hydrogens is 355 g/mol. The molecule has 0 spiro atoms. The fourth-order valence-corrected chi connectivity index (χ4v) is 4.10. The van der Waals surface area contributed by atoms with Gasteiger partial charge in [-0.05, 0) is 42.8 Å². The highest BCUT2D eigenvalue weighted by atomic mass is 32.2. The van der Waals surface area contributed by atoms with E-state index in [1.165, 1.54) is 12.1 Å². The SMILES string of the molecule is CCCS(=O)(=O)Nc1ccc(N2CCN(c3ccc(F)cc3)CC2)nc1. The van der Waals surface area contributed by atoms with Crippen LogP contribution in [0.3, 0.4) is 0 Å². The molecule has 6 nitrogen and oxygen atoms in total. The van der Waals surface area contributed by atoms with Crippen molar-refractivity contribution < 1.29 is 12.8 Å². The number of halogens is 1. The summed E-state index contributed by atoms with van der Waals surface area (Å²) < 4.78 is 39.2. The number of piperazine rings is 1. The first-order valence-electron chi connectivity index (χ1n) is 8.69. The lowest BCUT2D eigenvalue weighted by Crippen LogP contribution is -2.46. The molecule has 1 N–H and O–H groups in total. The first-order valence-corrected chi connectivity index (χ1v) is 10.3. The Hall–Kier alpha value is -2.35. The number of hydrogen-bond donors (Lipinski definition) is 1. The van der Waals surface area contributed by atoms with E-state index in [4.69, 9.17) is 0 Å². The van der Waals surface area contributed by atoms with E-state index in [0.29, 0.717) is 12.1 Å². The van der Waals surface area contributed by atoms with E-state index in [0.717, 1.165) is 37.7 Å². The normalized spacial score (nSPS) is 15.2. The van der Waals surface area contributed by atoms with E-state index in [2.05, 4.69) is 19.5 Å². The number of rotatable bonds is 6. The zero-order valence-electron chi connectivity index (χ0n) is 14.7. The molecular formula is C18H23FN4O2S. The molecule has 1 saturated heterocycles. The lowest BCUT2D eigenvalue weighted by molar-refractivity contribution is 0.600. The molecule has 0 atom stereocenters. The molecule has 1 fully saturated rings. The summed E-state index contributed by atoms with van der Waals surface area (Å²) >= 11 is 0. The van der Waals surface area contributed by atoms with E-state index < -0.39 is 10.0 Å². The predicted molar refractivity (Wildman–Crippen MR) is 103 cm³/mol. The molecule has 1 aliphatic rings. The molecule has 8 heteroatoms. The first-order chi connectivity index (χ1) is 12.5. The fourth-order valence-electron chi connectivity index (χ4n) is 2.98. The van der Waals surface area contributed by atoms with Gasteiger partial charge in [-0.3, -0.25) is 4.72 Å². The summed E-state index contributed by atoms with van der Waals surface area (Å²) in [5.74, 6) is 0.688. The van der Waals surface area contributed by atoms with Crippen LogP contribution in [0.2, 0.25) is 0 Å². The van der Waals surface area contributed by atoms with Crippen molar-refractivity contribution in [1.29, 1.82) is 0 Å². The fraction of sp³-hybridized carbons (Fsp3) is 0.389. The Balaban J connectivity index is 1.58. The van der Waals surface area contributed by atoms with Crippen LogP contribution in [0.4, 0.5) is 21.6 Å². The van der Waals surface area contributed by atoms with Crippen LogP contribution < -0.4 is 14.5 Å². The molecule has 2 aromatic rings. The topological polar surface area (TPSA) is 65.5 Å². The Morgan fingerprint density at radius 1 is 1.04 bits per heavy atom. The molecule has 0 radical (unpaired) electrons. The summed E-state index contributed by atoms with van der Waals surface area (Å²) in [6.07, 6.45) is 2.12. The van der Waals surface area contributed by atoms with Crippen LogP contribution in [0.15, 0.2) is 42.6 Å². The molecule has 2 heterocycles. The second-order valence-corrected chi connectivity index (χ2v) is 8.12. The van der Waals surface area contributed by atoms with E-state index in [1.807, 2.05) is 13.0 Å². The van der Waals surface area contributed by atoms with Gasteiger partial charge < -0.3 is 9.80 Å². The zero-order valence-corrected chi connectivity index (χ0v) is 15.5. The second-order valence-electron chi connectivity index (χ2n) is 6.28. The molecule has 0 bridgehead atoms. The highest BCUT2D eigenvalue weighted by Crippen LogP contribution is 2.21. The Labute approximate surface area is 153 Å². The maximum absolute atomic E-state index is 13.0. The van der Waals surface area contributed by atoms with Gasteiger partial charge in [-0.1, -0.05) is 6.92 Å². The Bertz CT molecular complexity index is 817. The highest BCUT2D eigenvalue weighted by Gasteiger charge is 2.18. The Kier molecular flexibility index (Phi) is 5.61. The van der Waals surface area contributed by atoms with Crippen molar-refractivity contribution in [3.05, 3.63) is 48.4 Å². The van der Waals surface area contributed by atoms with Gasteiger partial charge in [0.25, 0.3) is 0 Å². The molecule has 0 aliphatic carbocycles. The maximum Gasteiger partial charge on any atom is 0.232 e. The lowest BCUT2D eigenvalue weighted by Gasteiger charge is -2.36. The molecule has 0 saturated carbocycles. The van der Waals surface area contributed by atoms with E-state index >= 15 is 0 Å². The van der Waals surface area contributed by atoms with E-state index in [-0.39, 0.29) is 11.6 Å². The molecule has 1 aliphatic heterocycles. The van der Waals surface area contributed by atoms with Crippen LogP contribution in [-0.4, -0.2) is 45.3 Å². The van der Waals surface area contributed by atoms with Crippen molar-refractivity contribution in [2.45, 2.75) is 13.3 Å². The first kappa shape index (κ1) is 18.4. The number of aromatic nitrogens is 1. The predicted octanol–water partition coefficient (Wildman–Crippen LogP) is 2.70. The number of benzene rings is 1. The summed E-state index contributed by atoms with van der Waals surface area (Å²) in [6.45, 7) is 5.05. The van der Waals surface area contributed by atoms with Crippen LogP contribution in [0.25, 0.3) is 0 Å². The number of anilines is 3. The smallest absolute Gasteiger partial charge is 0.232 e. The van der Waals surface area contributed by atoms with Crippen LogP contribution >= 0.6 is 0 Å². The third-order valence-corrected chi connectivity index (χ3v) is 5.78. The van der Waals surface area contributed by atoms with Gasteiger partial charge >= 0.3 is 0 Å². The second kappa shape index (κ2) is 7.90. The molecule has 1 aromatic carbocycles. The van der Waals surface area contributed by atoms with Gasteiger partial charge in [0, 0.05) is 31.9 Å². The summed E-state index contributed by atoms with van der Waals surface area (Å²) in [5, 5.41) is 0. The number of nitrogens with zero attached hydrogens (tertiary/aromatic N) is 3. The van der Waals surface area contributed by atoms with Crippen molar-refractivity contribution in [3.63, 3.8) is 0 Å². The van der Waals surface area contributed by atoms with Gasteiger partial charge in [0.1, 0.15) is 11.6 Å². The third-order valence-electron chi connectivity index (χ3n) is 4.29. The number of pyridine rings is 1. The van der Waals surface area contributed by atoms with Crippen molar-refractivity contribution >= 4 is 27.2 Å². The highest BCUT2D eigenvalue weighted by molar-refractivity contribution is 7.92. The van der Waals surface area contributed by atoms with Crippen molar-refractivity contribution in [3.8, 4) is 0 Å².